The summed E-state index contributed by atoms with van der Waals surface area (Å²) in [6, 6.07) is 14.7. The van der Waals surface area contributed by atoms with E-state index in [9.17, 15) is 14.4 Å². The van der Waals surface area contributed by atoms with Crippen LogP contribution in [0.5, 0.6) is 0 Å². The number of aromatic nitrogens is 2. The molecule has 178 valence electrons. The van der Waals surface area contributed by atoms with Gasteiger partial charge >= 0.3 is 5.97 Å². The maximum absolute atomic E-state index is 13.3. The molecule has 1 atom stereocenters. The number of nitrogens with one attached hydrogen (secondary N) is 1. The number of ether oxygens (including phenoxy) is 1. The molecule has 8 heteroatoms. The number of nitrogens with zero attached hydrogens (tertiary/aromatic N) is 2. The van der Waals surface area contributed by atoms with E-state index in [0.717, 1.165) is 41.1 Å². The summed E-state index contributed by atoms with van der Waals surface area (Å²) in [7, 11) is 0. The summed E-state index contributed by atoms with van der Waals surface area (Å²) in [6.07, 6.45) is 0.477. The van der Waals surface area contributed by atoms with E-state index in [2.05, 4.69) is 10.3 Å². The van der Waals surface area contributed by atoms with Crippen molar-refractivity contribution >= 4 is 39.1 Å². The molecule has 0 saturated heterocycles. The van der Waals surface area contributed by atoms with Crippen LogP contribution < -0.4 is 10.9 Å². The Morgan fingerprint density at radius 2 is 1.89 bits per heavy atom. The highest BCUT2D eigenvalue weighted by Crippen LogP contribution is 2.31. The summed E-state index contributed by atoms with van der Waals surface area (Å²) < 4.78 is 7.48. The number of thiophene rings is 1. The van der Waals surface area contributed by atoms with Crippen molar-refractivity contribution in [2.75, 3.05) is 5.32 Å². The maximum atomic E-state index is 13.3. The van der Waals surface area contributed by atoms with Gasteiger partial charge in [0.15, 0.2) is 0 Å². The summed E-state index contributed by atoms with van der Waals surface area (Å²) in [4.78, 5) is 45.1. The van der Waals surface area contributed by atoms with E-state index in [0.29, 0.717) is 33.6 Å². The number of amides is 1. The predicted octanol–water partition coefficient (Wildman–Crippen LogP) is 4.87. The monoisotopic (exact) mass is 487 g/mol. The molecule has 0 spiro atoms. The zero-order valence-electron chi connectivity index (χ0n) is 19.8. The highest BCUT2D eigenvalue weighted by molar-refractivity contribution is 7.20. The van der Waals surface area contributed by atoms with Gasteiger partial charge in [-0.2, -0.15) is 0 Å². The largest absolute Gasteiger partial charge is 0.443 e. The average Bonchev–Trinajstić information content (AvgIpc) is 3.45. The van der Waals surface area contributed by atoms with Crippen LogP contribution in [0.2, 0.25) is 0 Å². The molecule has 7 nitrogen and oxygen atoms in total. The van der Waals surface area contributed by atoms with Crippen molar-refractivity contribution in [3.63, 3.8) is 0 Å². The molecular weight excluding hydrogens is 462 g/mol. The van der Waals surface area contributed by atoms with Crippen LogP contribution in [-0.2, 0) is 22.5 Å². The van der Waals surface area contributed by atoms with Crippen LogP contribution in [0, 0.1) is 20.8 Å². The number of esters is 1. The van der Waals surface area contributed by atoms with Gasteiger partial charge in [-0.15, -0.1) is 11.3 Å². The summed E-state index contributed by atoms with van der Waals surface area (Å²) in [5, 5.41) is 3.36. The van der Waals surface area contributed by atoms with Crippen molar-refractivity contribution in [1.29, 1.82) is 0 Å². The molecule has 1 unspecified atom stereocenters. The second-order valence-electron chi connectivity index (χ2n) is 8.83. The van der Waals surface area contributed by atoms with Gasteiger partial charge in [0.25, 0.3) is 11.5 Å². The lowest BCUT2D eigenvalue weighted by Gasteiger charge is -2.19. The summed E-state index contributed by atoms with van der Waals surface area (Å²) in [5.74, 6) is -0.354. The first-order valence-corrected chi connectivity index (χ1v) is 12.3. The smallest absolute Gasteiger partial charge is 0.349 e. The van der Waals surface area contributed by atoms with Crippen molar-refractivity contribution in [2.24, 2.45) is 0 Å². The Bertz CT molecular complexity index is 1520. The summed E-state index contributed by atoms with van der Waals surface area (Å²) >= 11 is 1.14. The number of anilines is 1. The van der Waals surface area contributed by atoms with Crippen LogP contribution in [0.4, 0.5) is 5.69 Å². The third-order valence-corrected chi connectivity index (χ3v) is 7.48. The molecule has 0 bridgehead atoms. The number of benzene rings is 2. The van der Waals surface area contributed by atoms with Crippen molar-refractivity contribution < 1.29 is 14.3 Å². The van der Waals surface area contributed by atoms with Crippen LogP contribution in [0.15, 0.2) is 53.3 Å². The highest BCUT2D eigenvalue weighted by Gasteiger charge is 2.29. The number of fused-ring (bicyclic) bond motifs is 2. The molecule has 1 amide bonds. The van der Waals surface area contributed by atoms with E-state index in [-0.39, 0.29) is 10.4 Å². The topological polar surface area (TPSA) is 90.3 Å². The van der Waals surface area contributed by atoms with Gasteiger partial charge in [-0.1, -0.05) is 42.5 Å². The molecule has 5 rings (SSSR count). The van der Waals surface area contributed by atoms with Gasteiger partial charge in [0.05, 0.1) is 5.39 Å². The van der Waals surface area contributed by atoms with Gasteiger partial charge < -0.3 is 10.1 Å². The lowest BCUT2D eigenvalue weighted by molar-refractivity contribution is -0.125. The molecule has 1 aliphatic rings. The number of aryl methyl sites for hydroxylation is 4. The Hall–Kier alpha value is -3.78. The Balaban J connectivity index is 1.49. The normalized spacial score (nSPS) is 13.5. The fourth-order valence-corrected chi connectivity index (χ4v) is 5.47. The predicted molar refractivity (Wildman–Crippen MR) is 136 cm³/mol. The third kappa shape index (κ3) is 4.25. The zero-order chi connectivity index (χ0) is 24.7. The first kappa shape index (κ1) is 23.0. The molecule has 4 aromatic rings. The molecule has 1 aliphatic heterocycles. The van der Waals surface area contributed by atoms with E-state index in [4.69, 9.17) is 4.74 Å². The van der Waals surface area contributed by atoms with Crippen LogP contribution in [0.25, 0.3) is 10.2 Å². The molecule has 0 saturated carbocycles. The lowest BCUT2D eigenvalue weighted by Crippen LogP contribution is -2.26. The molecule has 0 fully saturated rings. The van der Waals surface area contributed by atoms with E-state index in [1.54, 1.807) is 35.8 Å². The molecular formula is C27H25N3O4S. The Morgan fingerprint density at radius 1 is 1.11 bits per heavy atom. The van der Waals surface area contributed by atoms with E-state index in [1.807, 2.05) is 38.1 Å². The second-order valence-corrected chi connectivity index (χ2v) is 9.83. The Morgan fingerprint density at radius 3 is 2.66 bits per heavy atom. The minimum atomic E-state index is -1.16. The quantitative estimate of drug-likeness (QED) is 0.406. The molecule has 2 aromatic carbocycles. The van der Waals surface area contributed by atoms with Gasteiger partial charge in [-0.3, -0.25) is 14.2 Å². The summed E-state index contributed by atoms with van der Waals surface area (Å²) in [5.41, 5.74) is 3.54. The highest BCUT2D eigenvalue weighted by atomic mass is 32.1. The lowest BCUT2D eigenvalue weighted by atomic mass is 10.1. The molecule has 35 heavy (non-hydrogen) atoms. The van der Waals surface area contributed by atoms with Crippen molar-refractivity contribution in [3.05, 3.63) is 91.8 Å². The number of hydrogen-bond acceptors (Lipinski definition) is 6. The number of carbonyl (C=O) groups excluding carboxylic acids is 2. The summed E-state index contributed by atoms with van der Waals surface area (Å²) in [6.45, 7) is 6.22. The van der Waals surface area contributed by atoms with Crippen LogP contribution >= 0.6 is 11.3 Å². The maximum Gasteiger partial charge on any atom is 0.349 e. The number of hydrogen-bond donors (Lipinski definition) is 1. The SMILES string of the molecule is Cc1ccc(C)c(NC(=O)C(OC(=O)c2sc3nc4n(c(=O)c3c2C)CCC4)c2ccccc2)c1. The van der Waals surface area contributed by atoms with Crippen molar-refractivity contribution in [3.8, 4) is 0 Å². The molecule has 1 N–H and O–H groups in total. The van der Waals surface area contributed by atoms with Crippen molar-refractivity contribution in [1.82, 2.24) is 9.55 Å². The van der Waals surface area contributed by atoms with Crippen LogP contribution in [0.3, 0.4) is 0 Å². The number of carbonyl (C=O) groups is 2. The van der Waals surface area contributed by atoms with Gasteiger partial charge in [0.1, 0.15) is 15.5 Å². The molecule has 0 radical (unpaired) electrons. The van der Waals surface area contributed by atoms with E-state index in [1.165, 1.54) is 0 Å². The fraction of sp³-hybridized carbons (Fsp3) is 0.259. The Kier molecular flexibility index (Phi) is 5.98. The third-order valence-electron chi connectivity index (χ3n) is 6.31. The molecule has 3 heterocycles. The average molecular weight is 488 g/mol. The standard InChI is InChI=1S/C27H25N3O4S/c1-15-11-12-16(2)19(14-15)28-24(31)22(18-8-5-4-6-9-18)34-27(33)23-17(3)21-25(35-23)29-20-10-7-13-30(20)26(21)32/h4-6,8-9,11-12,14,22H,7,10,13H2,1-3H3,(H,28,31). The van der Waals surface area contributed by atoms with Crippen molar-refractivity contribution in [2.45, 2.75) is 46.3 Å². The molecule has 2 aromatic heterocycles. The van der Waals surface area contributed by atoms with Gasteiger partial charge in [-0.05, 0) is 49.9 Å². The van der Waals surface area contributed by atoms with Crippen LogP contribution in [0.1, 0.15) is 50.3 Å². The molecule has 0 aliphatic carbocycles. The first-order valence-electron chi connectivity index (χ1n) is 11.5. The van der Waals surface area contributed by atoms with E-state index >= 15 is 0 Å². The fourth-order valence-electron chi connectivity index (χ4n) is 4.40. The zero-order valence-corrected chi connectivity index (χ0v) is 20.6. The number of rotatable bonds is 5. The minimum Gasteiger partial charge on any atom is -0.443 e. The first-order chi connectivity index (χ1) is 16.8. The van der Waals surface area contributed by atoms with Gasteiger partial charge in [-0.25, -0.2) is 9.78 Å². The Labute approximate surface area is 206 Å². The van der Waals surface area contributed by atoms with Gasteiger partial charge in [0.2, 0.25) is 6.10 Å². The second kappa shape index (κ2) is 9.11. The van der Waals surface area contributed by atoms with Gasteiger partial charge in [0, 0.05) is 24.2 Å². The minimum absolute atomic E-state index is 0.123. The van der Waals surface area contributed by atoms with Crippen LogP contribution in [-0.4, -0.2) is 21.4 Å². The van der Waals surface area contributed by atoms with E-state index < -0.39 is 18.0 Å².